The number of nitrogens with zero attached hydrogens (tertiary/aromatic N) is 3. The van der Waals surface area contributed by atoms with Gasteiger partial charge in [0, 0.05) is 13.0 Å². The highest BCUT2D eigenvalue weighted by atomic mass is 15.1. The van der Waals surface area contributed by atoms with Crippen molar-refractivity contribution >= 4 is 0 Å². The zero-order valence-electron chi connectivity index (χ0n) is 9.16. The molecular formula is C11H19N3. The van der Waals surface area contributed by atoms with Crippen LogP contribution >= 0.6 is 0 Å². The lowest BCUT2D eigenvalue weighted by atomic mass is 10.2. The highest BCUT2D eigenvalue weighted by Crippen LogP contribution is 2.02. The average molecular weight is 193 g/mol. The molecule has 0 heterocycles. The average Bonchev–Trinajstić information content (AvgIpc) is 2.22. The van der Waals surface area contributed by atoms with E-state index >= 15 is 0 Å². The van der Waals surface area contributed by atoms with E-state index in [0.29, 0.717) is 6.42 Å². The van der Waals surface area contributed by atoms with E-state index in [2.05, 4.69) is 24.0 Å². The van der Waals surface area contributed by atoms with E-state index in [0.717, 1.165) is 32.5 Å². The van der Waals surface area contributed by atoms with Crippen molar-refractivity contribution in [1.29, 1.82) is 10.5 Å². The van der Waals surface area contributed by atoms with Gasteiger partial charge in [-0.05, 0) is 32.9 Å². The van der Waals surface area contributed by atoms with E-state index < -0.39 is 0 Å². The van der Waals surface area contributed by atoms with Gasteiger partial charge in [0.1, 0.15) is 0 Å². The summed E-state index contributed by atoms with van der Waals surface area (Å²) in [7, 11) is 0. The molecule has 1 atom stereocenters. The van der Waals surface area contributed by atoms with E-state index in [1.54, 1.807) is 0 Å². The molecule has 1 unspecified atom stereocenters. The zero-order valence-corrected chi connectivity index (χ0v) is 9.16. The number of rotatable bonds is 7. The van der Waals surface area contributed by atoms with Gasteiger partial charge in [-0.25, -0.2) is 0 Å². The first-order valence-corrected chi connectivity index (χ1v) is 5.23. The van der Waals surface area contributed by atoms with Gasteiger partial charge in [0.25, 0.3) is 0 Å². The van der Waals surface area contributed by atoms with Crippen molar-refractivity contribution in [3.05, 3.63) is 0 Å². The Morgan fingerprint density at radius 2 is 2.00 bits per heavy atom. The van der Waals surface area contributed by atoms with Gasteiger partial charge in [0.05, 0.1) is 18.1 Å². The summed E-state index contributed by atoms with van der Waals surface area (Å²) in [6, 6.07) is 4.38. The van der Waals surface area contributed by atoms with Crippen LogP contribution in [0.5, 0.6) is 0 Å². The van der Waals surface area contributed by atoms with Gasteiger partial charge in [0.15, 0.2) is 0 Å². The minimum atomic E-state index is 0.103. The first-order valence-electron chi connectivity index (χ1n) is 5.23. The molecule has 0 spiro atoms. The maximum atomic E-state index is 8.67. The van der Waals surface area contributed by atoms with Crippen molar-refractivity contribution in [3.8, 4) is 12.1 Å². The van der Waals surface area contributed by atoms with E-state index in [9.17, 15) is 0 Å². The molecule has 0 aliphatic carbocycles. The minimum Gasteiger partial charge on any atom is -0.302 e. The molecule has 0 aliphatic heterocycles. The molecular weight excluding hydrogens is 174 g/mol. The molecule has 14 heavy (non-hydrogen) atoms. The molecule has 3 nitrogen and oxygen atoms in total. The van der Waals surface area contributed by atoms with Gasteiger partial charge < -0.3 is 4.90 Å². The SMILES string of the molecule is CCN(CCCCC#N)CC(C)C#N. The van der Waals surface area contributed by atoms with Gasteiger partial charge in [0.2, 0.25) is 0 Å². The van der Waals surface area contributed by atoms with Crippen molar-refractivity contribution in [1.82, 2.24) is 4.90 Å². The Morgan fingerprint density at radius 1 is 1.29 bits per heavy atom. The maximum absolute atomic E-state index is 8.67. The second kappa shape index (κ2) is 8.53. The van der Waals surface area contributed by atoms with Crippen molar-refractivity contribution < 1.29 is 0 Å². The van der Waals surface area contributed by atoms with Crippen LogP contribution in [-0.4, -0.2) is 24.5 Å². The van der Waals surface area contributed by atoms with Crippen LogP contribution in [0.25, 0.3) is 0 Å². The summed E-state index contributed by atoms with van der Waals surface area (Å²) >= 11 is 0. The van der Waals surface area contributed by atoms with Gasteiger partial charge >= 0.3 is 0 Å². The Labute approximate surface area is 86.9 Å². The predicted molar refractivity (Wildman–Crippen MR) is 56.4 cm³/mol. The lowest BCUT2D eigenvalue weighted by Crippen LogP contribution is -2.29. The van der Waals surface area contributed by atoms with Crippen LogP contribution in [0.3, 0.4) is 0 Å². The Hall–Kier alpha value is -1.06. The summed E-state index contributed by atoms with van der Waals surface area (Å²) < 4.78 is 0. The quantitative estimate of drug-likeness (QED) is 0.582. The summed E-state index contributed by atoms with van der Waals surface area (Å²) in [5, 5.41) is 17.0. The van der Waals surface area contributed by atoms with Crippen LogP contribution in [0.2, 0.25) is 0 Å². The molecule has 0 fully saturated rings. The fourth-order valence-corrected chi connectivity index (χ4v) is 1.35. The van der Waals surface area contributed by atoms with Crippen LogP contribution in [0.4, 0.5) is 0 Å². The summed E-state index contributed by atoms with van der Waals surface area (Å²) in [5.74, 6) is 0.103. The van der Waals surface area contributed by atoms with E-state index in [4.69, 9.17) is 10.5 Å². The largest absolute Gasteiger partial charge is 0.302 e. The standard InChI is InChI=1S/C11H19N3/c1-3-14(10-11(2)9-13)8-6-4-5-7-12/h11H,3-6,8,10H2,1-2H3. The molecule has 78 valence electrons. The molecule has 0 N–H and O–H groups in total. The smallest absolute Gasteiger partial charge is 0.0666 e. The van der Waals surface area contributed by atoms with Gasteiger partial charge in [-0.1, -0.05) is 6.92 Å². The Bertz CT molecular complexity index is 212. The zero-order chi connectivity index (χ0) is 10.8. The van der Waals surface area contributed by atoms with Crippen LogP contribution in [-0.2, 0) is 0 Å². The fraction of sp³-hybridized carbons (Fsp3) is 0.818. The molecule has 0 radical (unpaired) electrons. The van der Waals surface area contributed by atoms with Crippen LogP contribution < -0.4 is 0 Å². The minimum absolute atomic E-state index is 0.103. The maximum Gasteiger partial charge on any atom is 0.0666 e. The Balaban J connectivity index is 3.60. The first kappa shape index (κ1) is 12.9. The van der Waals surface area contributed by atoms with E-state index in [1.807, 2.05) is 6.92 Å². The fourth-order valence-electron chi connectivity index (χ4n) is 1.35. The molecule has 0 amide bonds. The number of hydrogen-bond acceptors (Lipinski definition) is 3. The van der Waals surface area contributed by atoms with Crippen molar-refractivity contribution in [2.24, 2.45) is 5.92 Å². The highest BCUT2D eigenvalue weighted by molar-refractivity contribution is 4.81. The van der Waals surface area contributed by atoms with Crippen LogP contribution in [0, 0.1) is 28.6 Å². The normalized spacial score (nSPS) is 12.1. The molecule has 0 aromatic carbocycles. The molecule has 0 saturated carbocycles. The molecule has 0 aliphatic rings. The Kier molecular flexibility index (Phi) is 7.89. The lowest BCUT2D eigenvalue weighted by molar-refractivity contribution is 0.263. The molecule has 0 saturated heterocycles. The van der Waals surface area contributed by atoms with Crippen molar-refractivity contribution in [2.45, 2.75) is 33.1 Å². The third-order valence-corrected chi connectivity index (χ3v) is 2.21. The number of unbranched alkanes of at least 4 members (excludes halogenated alkanes) is 2. The first-order chi connectivity index (χ1) is 6.74. The van der Waals surface area contributed by atoms with E-state index in [-0.39, 0.29) is 5.92 Å². The Morgan fingerprint density at radius 3 is 2.50 bits per heavy atom. The third kappa shape index (κ3) is 6.46. The van der Waals surface area contributed by atoms with Gasteiger partial charge in [-0.2, -0.15) is 10.5 Å². The number of hydrogen-bond donors (Lipinski definition) is 0. The summed E-state index contributed by atoms with van der Waals surface area (Å²) in [4.78, 5) is 2.27. The van der Waals surface area contributed by atoms with Crippen LogP contribution in [0.15, 0.2) is 0 Å². The molecule has 0 rings (SSSR count). The second-order valence-corrected chi connectivity index (χ2v) is 3.54. The summed E-state index contributed by atoms with van der Waals surface area (Å²) in [5.41, 5.74) is 0. The molecule has 3 heteroatoms. The van der Waals surface area contributed by atoms with E-state index in [1.165, 1.54) is 0 Å². The van der Waals surface area contributed by atoms with Crippen molar-refractivity contribution in [2.75, 3.05) is 19.6 Å². The third-order valence-electron chi connectivity index (χ3n) is 2.21. The molecule has 0 aromatic heterocycles. The topological polar surface area (TPSA) is 50.8 Å². The number of nitriles is 2. The molecule has 0 aromatic rings. The molecule has 0 bridgehead atoms. The van der Waals surface area contributed by atoms with Gasteiger partial charge in [-0.3, -0.25) is 0 Å². The highest BCUT2D eigenvalue weighted by Gasteiger charge is 2.06. The second-order valence-electron chi connectivity index (χ2n) is 3.54. The monoisotopic (exact) mass is 193 g/mol. The van der Waals surface area contributed by atoms with Crippen molar-refractivity contribution in [3.63, 3.8) is 0 Å². The lowest BCUT2D eigenvalue weighted by Gasteiger charge is -2.20. The summed E-state index contributed by atoms with van der Waals surface area (Å²) in [6.45, 7) is 6.88. The summed E-state index contributed by atoms with van der Waals surface area (Å²) in [6.07, 6.45) is 2.67. The predicted octanol–water partition coefficient (Wildman–Crippen LogP) is 2.16. The van der Waals surface area contributed by atoms with Crippen LogP contribution in [0.1, 0.15) is 33.1 Å². The van der Waals surface area contributed by atoms with Gasteiger partial charge in [-0.15, -0.1) is 0 Å².